The van der Waals surface area contributed by atoms with Crippen molar-refractivity contribution in [2.45, 2.75) is 18.9 Å². The highest BCUT2D eigenvalue weighted by molar-refractivity contribution is 5.66. The number of nitrogens with zero attached hydrogens (tertiary/aromatic N) is 3. The fraction of sp³-hybridized carbons (Fsp3) is 0.417. The van der Waals surface area contributed by atoms with E-state index in [1.807, 2.05) is 0 Å². The van der Waals surface area contributed by atoms with Gasteiger partial charge in [-0.1, -0.05) is 11.2 Å². The first-order chi connectivity index (χ1) is 9.12. The zero-order valence-corrected chi connectivity index (χ0v) is 10.7. The van der Waals surface area contributed by atoms with E-state index in [4.69, 9.17) is 20.1 Å². The Hall–Kier alpha value is -2.40. The van der Waals surface area contributed by atoms with Crippen molar-refractivity contribution in [2.24, 2.45) is 5.11 Å². The molecular formula is C12H15N3O4. The van der Waals surface area contributed by atoms with Crippen LogP contribution in [0.5, 0.6) is 11.5 Å². The Labute approximate surface area is 110 Å². The second-order valence-electron chi connectivity index (χ2n) is 3.76. The van der Waals surface area contributed by atoms with Gasteiger partial charge in [-0.2, -0.15) is 0 Å². The van der Waals surface area contributed by atoms with E-state index in [1.165, 1.54) is 14.2 Å². The number of benzene rings is 1. The highest BCUT2D eigenvalue weighted by atomic mass is 16.5. The maximum absolute atomic E-state index is 10.6. The molecule has 0 aliphatic carbocycles. The van der Waals surface area contributed by atoms with Crippen molar-refractivity contribution in [1.82, 2.24) is 0 Å². The lowest BCUT2D eigenvalue weighted by atomic mass is 10.0. The Kier molecular flexibility index (Phi) is 5.50. The molecule has 7 heteroatoms. The van der Waals surface area contributed by atoms with E-state index in [0.29, 0.717) is 17.1 Å². The minimum atomic E-state index is -0.939. The largest absolute Gasteiger partial charge is 0.497 e. The lowest BCUT2D eigenvalue weighted by molar-refractivity contribution is -0.137. The Bertz CT molecular complexity index is 498. The molecule has 0 aliphatic heterocycles. The summed E-state index contributed by atoms with van der Waals surface area (Å²) in [6.45, 7) is 0. The van der Waals surface area contributed by atoms with Gasteiger partial charge in [0.15, 0.2) is 0 Å². The molecule has 0 spiro atoms. The van der Waals surface area contributed by atoms with Crippen molar-refractivity contribution < 1.29 is 19.4 Å². The van der Waals surface area contributed by atoms with Crippen LogP contribution in [0.2, 0.25) is 0 Å². The fourth-order valence-electron chi connectivity index (χ4n) is 1.69. The molecule has 1 rings (SSSR count). The molecule has 1 aromatic rings. The first-order valence-corrected chi connectivity index (χ1v) is 5.60. The molecular weight excluding hydrogens is 250 g/mol. The first kappa shape index (κ1) is 14.7. The molecule has 1 aromatic carbocycles. The number of ether oxygens (including phenoxy) is 2. The first-order valence-electron chi connectivity index (χ1n) is 5.60. The number of hydrogen-bond donors (Lipinski definition) is 1. The SMILES string of the molecule is COc1ccc(C(CCC(=O)O)N=[N+]=[N-])c(OC)c1. The number of carbonyl (C=O) groups is 1. The summed E-state index contributed by atoms with van der Waals surface area (Å²) in [5.41, 5.74) is 9.21. The van der Waals surface area contributed by atoms with Gasteiger partial charge in [0, 0.05) is 23.0 Å². The number of hydrogen-bond acceptors (Lipinski definition) is 4. The third kappa shape index (κ3) is 4.08. The molecule has 0 fully saturated rings. The average Bonchev–Trinajstić information content (AvgIpc) is 2.42. The number of methoxy groups -OCH3 is 2. The average molecular weight is 265 g/mol. The Morgan fingerprint density at radius 2 is 2.21 bits per heavy atom. The lowest BCUT2D eigenvalue weighted by Crippen LogP contribution is -2.03. The van der Waals surface area contributed by atoms with Crippen LogP contribution in [0.15, 0.2) is 23.3 Å². The van der Waals surface area contributed by atoms with Crippen LogP contribution in [0.25, 0.3) is 10.4 Å². The number of aliphatic carboxylic acids is 1. The quantitative estimate of drug-likeness (QED) is 0.464. The van der Waals surface area contributed by atoms with Crippen LogP contribution in [0.1, 0.15) is 24.4 Å². The molecule has 0 amide bonds. The van der Waals surface area contributed by atoms with Gasteiger partial charge < -0.3 is 14.6 Å². The van der Waals surface area contributed by atoms with Crippen molar-refractivity contribution >= 4 is 5.97 Å². The zero-order chi connectivity index (χ0) is 14.3. The van der Waals surface area contributed by atoms with E-state index in [1.54, 1.807) is 18.2 Å². The van der Waals surface area contributed by atoms with E-state index in [0.717, 1.165) is 0 Å². The van der Waals surface area contributed by atoms with E-state index < -0.39 is 12.0 Å². The summed E-state index contributed by atoms with van der Waals surface area (Å²) < 4.78 is 10.3. The highest BCUT2D eigenvalue weighted by Crippen LogP contribution is 2.33. The van der Waals surface area contributed by atoms with Crippen LogP contribution in [0.3, 0.4) is 0 Å². The summed E-state index contributed by atoms with van der Waals surface area (Å²) in [5.74, 6) is 0.172. The lowest BCUT2D eigenvalue weighted by Gasteiger charge is -2.15. The van der Waals surface area contributed by atoms with Gasteiger partial charge in [0.1, 0.15) is 11.5 Å². The van der Waals surface area contributed by atoms with Crippen molar-refractivity contribution in [3.63, 3.8) is 0 Å². The van der Waals surface area contributed by atoms with Crippen molar-refractivity contribution in [1.29, 1.82) is 0 Å². The molecule has 0 saturated heterocycles. The third-order valence-electron chi connectivity index (χ3n) is 2.62. The standard InChI is InChI=1S/C12H15N3O4/c1-18-8-3-4-9(11(7-8)19-2)10(14-15-13)5-6-12(16)17/h3-4,7,10H,5-6H2,1-2H3,(H,16,17). The minimum Gasteiger partial charge on any atom is -0.497 e. The van der Waals surface area contributed by atoms with Gasteiger partial charge >= 0.3 is 5.97 Å². The monoisotopic (exact) mass is 265 g/mol. The summed E-state index contributed by atoms with van der Waals surface area (Å²) >= 11 is 0. The summed E-state index contributed by atoms with van der Waals surface area (Å²) in [5, 5.41) is 12.3. The number of rotatable bonds is 7. The molecule has 0 saturated carbocycles. The van der Waals surface area contributed by atoms with Gasteiger partial charge in [0.25, 0.3) is 0 Å². The second-order valence-corrected chi connectivity index (χ2v) is 3.76. The van der Waals surface area contributed by atoms with Crippen LogP contribution in [0, 0.1) is 0 Å². The molecule has 0 heterocycles. The molecule has 1 unspecified atom stereocenters. The molecule has 1 N–H and O–H groups in total. The predicted molar refractivity (Wildman–Crippen MR) is 68.3 cm³/mol. The van der Waals surface area contributed by atoms with E-state index >= 15 is 0 Å². The van der Waals surface area contributed by atoms with E-state index in [9.17, 15) is 4.79 Å². The van der Waals surface area contributed by atoms with Crippen molar-refractivity contribution in [3.8, 4) is 11.5 Å². The topological polar surface area (TPSA) is 105 Å². The second kappa shape index (κ2) is 7.13. The van der Waals surface area contributed by atoms with Gasteiger partial charge in [-0.15, -0.1) is 0 Å². The third-order valence-corrected chi connectivity index (χ3v) is 2.62. The van der Waals surface area contributed by atoms with Gasteiger partial charge in [0.2, 0.25) is 0 Å². The zero-order valence-electron chi connectivity index (χ0n) is 10.7. The summed E-state index contributed by atoms with van der Waals surface area (Å²) in [7, 11) is 3.02. The Morgan fingerprint density at radius 3 is 2.74 bits per heavy atom. The molecule has 0 aliphatic rings. The van der Waals surface area contributed by atoms with Crippen LogP contribution in [-0.2, 0) is 4.79 Å². The Morgan fingerprint density at radius 1 is 1.47 bits per heavy atom. The number of azide groups is 1. The van der Waals surface area contributed by atoms with Crippen molar-refractivity contribution in [3.05, 3.63) is 34.2 Å². The minimum absolute atomic E-state index is 0.0845. The van der Waals surface area contributed by atoms with Gasteiger partial charge in [0.05, 0.1) is 20.3 Å². The summed E-state index contributed by atoms with van der Waals surface area (Å²) in [4.78, 5) is 13.4. The van der Waals surface area contributed by atoms with Crippen molar-refractivity contribution in [2.75, 3.05) is 14.2 Å². The van der Waals surface area contributed by atoms with Gasteiger partial charge in [-0.3, -0.25) is 4.79 Å². The van der Waals surface area contributed by atoms with E-state index in [-0.39, 0.29) is 12.8 Å². The highest BCUT2D eigenvalue weighted by Gasteiger charge is 2.16. The van der Waals surface area contributed by atoms with E-state index in [2.05, 4.69) is 10.0 Å². The molecule has 0 aromatic heterocycles. The smallest absolute Gasteiger partial charge is 0.303 e. The molecule has 7 nitrogen and oxygen atoms in total. The summed E-state index contributed by atoms with van der Waals surface area (Å²) in [6.07, 6.45) is 0.126. The fourth-order valence-corrected chi connectivity index (χ4v) is 1.69. The normalized spacial score (nSPS) is 11.3. The number of carboxylic acids is 1. The molecule has 1 atom stereocenters. The molecule has 19 heavy (non-hydrogen) atoms. The predicted octanol–water partition coefficient (Wildman–Crippen LogP) is 2.92. The van der Waals surface area contributed by atoms with Crippen LogP contribution < -0.4 is 9.47 Å². The maximum Gasteiger partial charge on any atom is 0.303 e. The van der Waals surface area contributed by atoms with Gasteiger partial charge in [-0.25, -0.2) is 0 Å². The van der Waals surface area contributed by atoms with Crippen LogP contribution >= 0.6 is 0 Å². The molecule has 102 valence electrons. The van der Waals surface area contributed by atoms with Gasteiger partial charge in [-0.05, 0) is 18.0 Å². The van der Waals surface area contributed by atoms with Crippen LogP contribution in [-0.4, -0.2) is 25.3 Å². The summed E-state index contributed by atoms with van der Waals surface area (Å²) in [6, 6.07) is 4.50. The number of carboxylic acid groups (broad SMARTS) is 1. The molecule has 0 bridgehead atoms. The van der Waals surface area contributed by atoms with Crippen LogP contribution in [0.4, 0.5) is 0 Å². The molecule has 0 radical (unpaired) electrons. The maximum atomic E-state index is 10.6. The Balaban J connectivity index is 3.07.